The van der Waals surface area contributed by atoms with Gasteiger partial charge in [-0.1, -0.05) is 27.7 Å². The fraction of sp³-hybridized carbons (Fsp3) is 0.700. The number of esters is 1. The van der Waals surface area contributed by atoms with Gasteiger partial charge in [0.1, 0.15) is 17.5 Å². The first-order valence-corrected chi connectivity index (χ1v) is 8.97. The third-order valence-corrected chi connectivity index (χ3v) is 4.43. The largest absolute Gasteiger partial charge is 0.458 e. The molecule has 0 aromatic rings. The molecule has 0 atom stereocenters. The van der Waals surface area contributed by atoms with Crippen LogP contribution >= 0.6 is 0 Å². The van der Waals surface area contributed by atoms with Gasteiger partial charge in [-0.25, -0.2) is 0 Å². The van der Waals surface area contributed by atoms with Crippen LogP contribution in [0.3, 0.4) is 0 Å². The monoisotopic (exact) mass is 380 g/mol. The van der Waals surface area contributed by atoms with E-state index in [-0.39, 0.29) is 53.2 Å². The smallest absolute Gasteiger partial charge is 0.303 e. The van der Waals surface area contributed by atoms with Gasteiger partial charge >= 0.3 is 5.97 Å². The highest BCUT2D eigenvalue weighted by Gasteiger charge is 2.43. The topological polar surface area (TPSA) is 112 Å². The van der Waals surface area contributed by atoms with Gasteiger partial charge in [0.05, 0.1) is 6.42 Å². The van der Waals surface area contributed by atoms with E-state index < -0.39 is 24.3 Å². The van der Waals surface area contributed by atoms with E-state index in [2.05, 4.69) is 4.74 Å². The molecule has 2 saturated carbocycles. The molecule has 2 aliphatic carbocycles. The van der Waals surface area contributed by atoms with Crippen LogP contribution in [-0.2, 0) is 33.5 Å². The molecule has 150 valence electrons. The molecule has 27 heavy (non-hydrogen) atoms. The summed E-state index contributed by atoms with van der Waals surface area (Å²) in [6.45, 7) is 8.22. The van der Waals surface area contributed by atoms with Crippen molar-refractivity contribution in [2.45, 2.75) is 66.7 Å². The van der Waals surface area contributed by atoms with Crippen molar-refractivity contribution in [1.82, 2.24) is 0 Å². The number of ketones is 5. The number of hydrogen-bond acceptors (Lipinski definition) is 7. The lowest BCUT2D eigenvalue weighted by Gasteiger charge is -2.31. The zero-order valence-electron chi connectivity index (χ0n) is 16.7. The molecule has 7 nitrogen and oxygen atoms in total. The van der Waals surface area contributed by atoms with Gasteiger partial charge in [-0.3, -0.25) is 28.8 Å². The van der Waals surface area contributed by atoms with E-state index in [1.165, 1.54) is 6.92 Å². The lowest BCUT2D eigenvalue weighted by atomic mass is 9.70. The van der Waals surface area contributed by atoms with Crippen molar-refractivity contribution in [3.8, 4) is 0 Å². The molecule has 7 heteroatoms. The van der Waals surface area contributed by atoms with E-state index in [0.717, 1.165) is 0 Å². The second kappa shape index (κ2) is 8.67. The maximum atomic E-state index is 11.7. The highest BCUT2D eigenvalue weighted by atomic mass is 16.5. The molecule has 0 heterocycles. The number of rotatable bonds is 3. The molecular weight excluding hydrogens is 352 g/mol. The average Bonchev–Trinajstić information content (AvgIpc) is 2.40. The Hall–Kier alpha value is -2.18. The fourth-order valence-electron chi connectivity index (χ4n) is 3.48. The first-order valence-electron chi connectivity index (χ1n) is 8.97. The molecule has 0 aliphatic heterocycles. The Morgan fingerprint density at radius 1 is 0.852 bits per heavy atom. The van der Waals surface area contributed by atoms with Crippen LogP contribution in [0.5, 0.6) is 0 Å². The minimum Gasteiger partial charge on any atom is -0.458 e. The lowest BCUT2D eigenvalue weighted by molar-refractivity contribution is -0.153. The SMILES string of the molecule is CC(=O)OCC(=O)C1C(=O)CC(C)(C)CC1=O.CC1(C)CC(=O)CC(=O)C1. The molecule has 0 saturated heterocycles. The number of ether oxygens (including phenoxy) is 1. The van der Waals surface area contributed by atoms with E-state index in [9.17, 15) is 28.8 Å². The Labute approximate surface area is 159 Å². The molecule has 0 unspecified atom stereocenters. The molecular formula is C20H28O7. The third kappa shape index (κ3) is 7.53. The van der Waals surface area contributed by atoms with Crippen LogP contribution in [0, 0.1) is 16.7 Å². The summed E-state index contributed by atoms with van der Waals surface area (Å²) in [4.78, 5) is 67.4. The normalized spacial score (nSPS) is 22.0. The number of carbonyl (C=O) groups excluding carboxylic acids is 6. The van der Waals surface area contributed by atoms with Gasteiger partial charge < -0.3 is 4.74 Å². The molecule has 0 aromatic carbocycles. The van der Waals surface area contributed by atoms with Crippen LogP contribution in [0.2, 0.25) is 0 Å². The average molecular weight is 380 g/mol. The van der Waals surface area contributed by atoms with Crippen molar-refractivity contribution >= 4 is 34.9 Å². The zero-order valence-corrected chi connectivity index (χ0v) is 16.7. The molecule has 0 amide bonds. The second-order valence-electron chi connectivity index (χ2n) is 8.90. The Morgan fingerprint density at radius 2 is 1.26 bits per heavy atom. The summed E-state index contributed by atoms with van der Waals surface area (Å²) < 4.78 is 4.51. The Morgan fingerprint density at radius 3 is 1.63 bits per heavy atom. The van der Waals surface area contributed by atoms with Crippen molar-refractivity contribution in [3.63, 3.8) is 0 Å². The minimum absolute atomic E-state index is 0.0770. The summed E-state index contributed by atoms with van der Waals surface area (Å²) >= 11 is 0. The maximum Gasteiger partial charge on any atom is 0.303 e. The zero-order chi connectivity index (χ0) is 21.0. The molecule has 0 spiro atoms. The summed E-state index contributed by atoms with van der Waals surface area (Å²) in [6, 6.07) is 0. The number of hydrogen-bond donors (Lipinski definition) is 0. The van der Waals surface area contributed by atoms with Gasteiger partial charge in [-0.05, 0) is 10.8 Å². The van der Waals surface area contributed by atoms with Crippen molar-refractivity contribution in [1.29, 1.82) is 0 Å². The van der Waals surface area contributed by atoms with E-state index in [1.54, 1.807) is 0 Å². The quantitative estimate of drug-likeness (QED) is 0.544. The summed E-state index contributed by atoms with van der Waals surface area (Å²) in [5.41, 5.74) is -0.460. The standard InChI is InChI=1S/C12H16O5.C8H12O2/c1-7(13)17-6-10(16)11-8(14)4-12(2,3)5-9(11)15;1-8(2)4-6(9)3-7(10)5-8/h11H,4-6H2,1-3H3;3-5H2,1-2H3. The molecule has 0 radical (unpaired) electrons. The van der Waals surface area contributed by atoms with Crippen molar-refractivity contribution in [3.05, 3.63) is 0 Å². The summed E-state index contributed by atoms with van der Waals surface area (Å²) in [7, 11) is 0. The summed E-state index contributed by atoms with van der Waals surface area (Å²) in [6.07, 6.45) is 1.71. The molecule has 2 rings (SSSR count). The molecule has 2 aliphatic rings. The van der Waals surface area contributed by atoms with Gasteiger partial charge in [0.2, 0.25) is 0 Å². The highest BCUT2D eigenvalue weighted by Crippen LogP contribution is 2.34. The van der Waals surface area contributed by atoms with Gasteiger partial charge in [-0.2, -0.15) is 0 Å². The van der Waals surface area contributed by atoms with E-state index in [0.29, 0.717) is 12.8 Å². The Kier molecular flexibility index (Phi) is 7.34. The van der Waals surface area contributed by atoms with Gasteiger partial charge in [0.15, 0.2) is 24.0 Å². The number of Topliss-reactive ketones (excluding diaryl/α,β-unsaturated/α-hetero) is 5. The van der Waals surface area contributed by atoms with Crippen LogP contribution < -0.4 is 0 Å². The minimum atomic E-state index is -1.23. The lowest BCUT2D eigenvalue weighted by Crippen LogP contribution is -2.43. The van der Waals surface area contributed by atoms with E-state index in [1.807, 2.05) is 27.7 Å². The van der Waals surface area contributed by atoms with Crippen LogP contribution in [0.25, 0.3) is 0 Å². The Bertz CT molecular complexity index is 632. The van der Waals surface area contributed by atoms with Crippen molar-refractivity contribution < 1.29 is 33.5 Å². The maximum absolute atomic E-state index is 11.7. The van der Waals surface area contributed by atoms with Gasteiger partial charge in [0, 0.05) is 32.6 Å². The fourth-order valence-corrected chi connectivity index (χ4v) is 3.48. The van der Waals surface area contributed by atoms with Crippen LogP contribution in [0.1, 0.15) is 66.7 Å². The summed E-state index contributed by atoms with van der Waals surface area (Å²) in [5.74, 6) is -3.00. The first kappa shape index (κ1) is 22.9. The predicted octanol–water partition coefficient (Wildman–Crippen LogP) is 2.03. The third-order valence-electron chi connectivity index (χ3n) is 4.43. The predicted molar refractivity (Wildman–Crippen MR) is 95.8 cm³/mol. The van der Waals surface area contributed by atoms with Crippen LogP contribution in [-0.4, -0.2) is 41.5 Å². The van der Waals surface area contributed by atoms with Crippen LogP contribution in [0.15, 0.2) is 0 Å². The van der Waals surface area contributed by atoms with Crippen molar-refractivity contribution in [2.75, 3.05) is 6.61 Å². The molecule has 2 fully saturated rings. The van der Waals surface area contributed by atoms with E-state index in [4.69, 9.17) is 0 Å². The van der Waals surface area contributed by atoms with Crippen LogP contribution in [0.4, 0.5) is 0 Å². The first-order chi connectivity index (χ1) is 12.2. The van der Waals surface area contributed by atoms with Gasteiger partial charge in [0.25, 0.3) is 0 Å². The van der Waals surface area contributed by atoms with E-state index >= 15 is 0 Å². The number of carbonyl (C=O) groups is 6. The second-order valence-corrected chi connectivity index (χ2v) is 8.90. The Balaban J connectivity index is 0.000000309. The summed E-state index contributed by atoms with van der Waals surface area (Å²) in [5, 5.41) is 0. The molecule has 0 bridgehead atoms. The van der Waals surface area contributed by atoms with Crippen molar-refractivity contribution in [2.24, 2.45) is 16.7 Å². The highest BCUT2D eigenvalue weighted by molar-refractivity contribution is 6.21. The molecule has 0 aromatic heterocycles. The molecule has 0 N–H and O–H groups in total. The van der Waals surface area contributed by atoms with Gasteiger partial charge in [-0.15, -0.1) is 0 Å².